The van der Waals surface area contributed by atoms with Crippen molar-refractivity contribution < 1.29 is 23.1 Å². The van der Waals surface area contributed by atoms with E-state index in [4.69, 9.17) is 0 Å². The molecule has 0 aliphatic heterocycles. The zero-order chi connectivity index (χ0) is 22.0. The van der Waals surface area contributed by atoms with E-state index in [0.717, 1.165) is 38.5 Å². The molecule has 4 aliphatic carbocycles. The van der Waals surface area contributed by atoms with E-state index >= 15 is 0 Å². The van der Waals surface area contributed by atoms with E-state index in [0.29, 0.717) is 24.2 Å². The minimum Gasteiger partial charge on any atom is -0.380 e. The number of rotatable bonds is 3. The number of hydrogen-bond donors (Lipinski definition) is 1. The highest BCUT2D eigenvalue weighted by Crippen LogP contribution is 2.65. The Morgan fingerprint density at radius 3 is 2.58 bits per heavy atom. The summed E-state index contributed by atoms with van der Waals surface area (Å²) in [4.78, 5) is 13.1. The van der Waals surface area contributed by atoms with Crippen LogP contribution in [-0.2, 0) is 11.3 Å². The standard InChI is InChI=1S/C23H32F3N3O2/c1-21-8-6-16-15-7-9-22(31,23(24,25)26)12-14(15)2-3-17(16)18(21)4-5-19(21)20(30)13-29-11-10-27-28-29/h10-11,14-19,31H,2-9,12-13H2,1H3/t14?,15?,16-,17?,18+,19-,21+,22-/m1/s1. The predicted molar refractivity (Wildman–Crippen MR) is 107 cm³/mol. The van der Waals surface area contributed by atoms with Gasteiger partial charge in [0, 0.05) is 12.1 Å². The van der Waals surface area contributed by atoms with Crippen molar-refractivity contribution in [2.45, 2.75) is 83.0 Å². The Bertz CT molecular complexity index is 829. The van der Waals surface area contributed by atoms with Gasteiger partial charge in [-0.15, -0.1) is 5.10 Å². The van der Waals surface area contributed by atoms with Gasteiger partial charge >= 0.3 is 6.18 Å². The molecule has 8 heteroatoms. The number of ketones is 1. The largest absolute Gasteiger partial charge is 0.417 e. The average molecular weight is 440 g/mol. The molecular formula is C23H32F3N3O2. The van der Waals surface area contributed by atoms with Crippen LogP contribution in [-0.4, -0.2) is 37.7 Å². The van der Waals surface area contributed by atoms with Crippen molar-refractivity contribution in [2.75, 3.05) is 0 Å². The van der Waals surface area contributed by atoms with Gasteiger partial charge in [0.05, 0.1) is 6.20 Å². The SMILES string of the molecule is C[C@]12CC[C@@H]3C4CC[C@](O)(C(F)(F)F)CC4CCC3[C@@H]1CC[C@@H]2C(=O)Cn1ccnn1. The first-order valence-corrected chi connectivity index (χ1v) is 11.8. The van der Waals surface area contributed by atoms with Crippen LogP contribution in [0.1, 0.15) is 64.7 Å². The molecule has 5 nitrogen and oxygen atoms in total. The summed E-state index contributed by atoms with van der Waals surface area (Å²) in [5.74, 6) is 1.94. The molecule has 0 amide bonds. The molecule has 4 saturated carbocycles. The molecule has 5 rings (SSSR count). The smallest absolute Gasteiger partial charge is 0.380 e. The van der Waals surface area contributed by atoms with Gasteiger partial charge in [-0.3, -0.25) is 4.79 Å². The molecule has 1 N–H and O–H groups in total. The van der Waals surface area contributed by atoms with Crippen molar-refractivity contribution in [3.05, 3.63) is 12.4 Å². The van der Waals surface area contributed by atoms with Crippen LogP contribution in [0.2, 0.25) is 0 Å². The third-order valence-corrected chi connectivity index (χ3v) is 9.72. The molecule has 4 fully saturated rings. The van der Waals surface area contributed by atoms with E-state index < -0.39 is 11.8 Å². The Morgan fingerprint density at radius 2 is 1.87 bits per heavy atom. The normalized spacial score (nSPS) is 44.9. The zero-order valence-corrected chi connectivity index (χ0v) is 18.0. The van der Waals surface area contributed by atoms with E-state index in [1.165, 1.54) is 0 Å². The fraction of sp³-hybridized carbons (Fsp3) is 0.870. The molecule has 8 atom stereocenters. The number of halogens is 3. The van der Waals surface area contributed by atoms with Crippen molar-refractivity contribution >= 4 is 5.78 Å². The maximum absolute atomic E-state index is 13.4. The number of nitrogens with zero attached hydrogens (tertiary/aromatic N) is 3. The molecule has 0 saturated heterocycles. The van der Waals surface area contributed by atoms with Gasteiger partial charge in [0.1, 0.15) is 6.54 Å². The lowest BCUT2D eigenvalue weighted by Crippen LogP contribution is -2.55. The zero-order valence-electron chi connectivity index (χ0n) is 18.0. The summed E-state index contributed by atoms with van der Waals surface area (Å²) in [6.45, 7) is 2.54. The Hall–Kier alpha value is -1.44. The van der Waals surface area contributed by atoms with Crippen LogP contribution in [0, 0.1) is 40.9 Å². The van der Waals surface area contributed by atoms with Gasteiger partial charge < -0.3 is 5.11 Å². The minimum absolute atomic E-state index is 0.0208. The quantitative estimate of drug-likeness (QED) is 0.758. The monoisotopic (exact) mass is 439 g/mol. The van der Waals surface area contributed by atoms with Crippen LogP contribution in [0.15, 0.2) is 12.4 Å². The van der Waals surface area contributed by atoms with Gasteiger partial charge in [-0.25, -0.2) is 4.68 Å². The molecule has 31 heavy (non-hydrogen) atoms. The topological polar surface area (TPSA) is 68.0 Å². The number of fused-ring (bicyclic) bond motifs is 5. The fourth-order valence-corrected chi connectivity index (χ4v) is 8.25. The molecular weight excluding hydrogens is 407 g/mol. The second kappa shape index (κ2) is 7.29. The Balaban J connectivity index is 1.30. The molecule has 4 aliphatic rings. The third kappa shape index (κ3) is 3.35. The molecule has 0 aromatic carbocycles. The summed E-state index contributed by atoms with van der Waals surface area (Å²) in [5.41, 5.74) is -2.52. The van der Waals surface area contributed by atoms with E-state index in [9.17, 15) is 23.1 Å². The molecule has 0 radical (unpaired) electrons. The Morgan fingerprint density at radius 1 is 1.10 bits per heavy atom. The molecule has 1 aromatic rings. The summed E-state index contributed by atoms with van der Waals surface area (Å²) >= 11 is 0. The van der Waals surface area contributed by atoms with Crippen molar-refractivity contribution in [3.63, 3.8) is 0 Å². The average Bonchev–Trinajstić information content (AvgIpc) is 3.33. The summed E-state index contributed by atoms with van der Waals surface area (Å²) < 4.78 is 41.8. The first-order valence-electron chi connectivity index (χ1n) is 11.8. The maximum atomic E-state index is 13.4. The first kappa shape index (κ1) is 21.4. The van der Waals surface area contributed by atoms with E-state index in [1.54, 1.807) is 17.1 Å². The first-order chi connectivity index (χ1) is 14.6. The van der Waals surface area contributed by atoms with Crippen LogP contribution < -0.4 is 0 Å². The third-order valence-electron chi connectivity index (χ3n) is 9.72. The lowest BCUT2D eigenvalue weighted by atomic mass is 9.49. The highest BCUT2D eigenvalue weighted by Gasteiger charge is 2.62. The van der Waals surface area contributed by atoms with Crippen molar-refractivity contribution in [1.29, 1.82) is 0 Å². The molecule has 3 unspecified atom stereocenters. The fourth-order valence-electron chi connectivity index (χ4n) is 8.25. The van der Waals surface area contributed by atoms with E-state index in [2.05, 4.69) is 17.2 Å². The van der Waals surface area contributed by atoms with Crippen LogP contribution in [0.3, 0.4) is 0 Å². The van der Waals surface area contributed by atoms with E-state index in [1.807, 2.05) is 0 Å². The van der Waals surface area contributed by atoms with Crippen LogP contribution in [0.4, 0.5) is 13.2 Å². The van der Waals surface area contributed by atoms with E-state index in [-0.39, 0.29) is 48.3 Å². The molecule has 0 spiro atoms. The molecule has 1 heterocycles. The predicted octanol–water partition coefficient (Wildman–Crippen LogP) is 4.41. The number of Topliss-reactive ketones (excluding diaryl/α,β-unsaturated/α-hetero) is 1. The molecule has 1 aromatic heterocycles. The summed E-state index contributed by atoms with van der Waals surface area (Å²) in [6, 6.07) is 0. The van der Waals surface area contributed by atoms with Crippen molar-refractivity contribution in [1.82, 2.24) is 15.0 Å². The minimum atomic E-state index is -4.54. The summed E-state index contributed by atoms with van der Waals surface area (Å²) in [6.07, 6.45) is 4.55. The van der Waals surface area contributed by atoms with Gasteiger partial charge in [-0.2, -0.15) is 13.2 Å². The molecule has 172 valence electrons. The number of aromatic nitrogens is 3. The second-order valence-corrected chi connectivity index (χ2v) is 10.9. The van der Waals surface area contributed by atoms with Gasteiger partial charge in [-0.1, -0.05) is 12.1 Å². The number of carbonyl (C=O) groups is 1. The molecule has 0 bridgehead atoms. The second-order valence-electron chi connectivity index (χ2n) is 10.9. The van der Waals surface area contributed by atoms with Crippen molar-refractivity contribution in [3.8, 4) is 0 Å². The lowest BCUT2D eigenvalue weighted by molar-refractivity contribution is -0.282. The summed E-state index contributed by atoms with van der Waals surface area (Å²) in [5, 5.41) is 18.0. The Kier molecular flexibility index (Phi) is 5.03. The van der Waals surface area contributed by atoms with Crippen LogP contribution in [0.5, 0.6) is 0 Å². The van der Waals surface area contributed by atoms with Crippen molar-refractivity contribution in [2.24, 2.45) is 40.9 Å². The van der Waals surface area contributed by atoms with Crippen LogP contribution >= 0.6 is 0 Å². The Labute approximate surface area is 180 Å². The number of carbonyl (C=O) groups excluding carboxylic acids is 1. The van der Waals surface area contributed by atoms with Crippen LogP contribution in [0.25, 0.3) is 0 Å². The highest BCUT2D eigenvalue weighted by atomic mass is 19.4. The van der Waals surface area contributed by atoms with Gasteiger partial charge in [0.25, 0.3) is 0 Å². The van der Waals surface area contributed by atoms with Gasteiger partial charge in [-0.05, 0) is 92.8 Å². The summed E-state index contributed by atoms with van der Waals surface area (Å²) in [7, 11) is 0. The van der Waals surface area contributed by atoms with Gasteiger partial charge in [0.15, 0.2) is 11.4 Å². The maximum Gasteiger partial charge on any atom is 0.417 e. The number of aliphatic hydroxyl groups is 1. The number of hydrogen-bond acceptors (Lipinski definition) is 4. The number of alkyl halides is 3. The highest BCUT2D eigenvalue weighted by molar-refractivity contribution is 5.82. The van der Waals surface area contributed by atoms with Gasteiger partial charge in [0.2, 0.25) is 0 Å². The lowest BCUT2D eigenvalue weighted by Gasteiger charge is -2.57.